The molecule has 3 aromatic heterocycles. The molecule has 0 amide bonds. The average molecular weight is 369 g/mol. The van der Waals surface area contributed by atoms with Gasteiger partial charge in [0, 0.05) is 46.5 Å². The van der Waals surface area contributed by atoms with E-state index in [-0.39, 0.29) is 5.95 Å². The molecule has 0 spiro atoms. The van der Waals surface area contributed by atoms with E-state index in [1.807, 2.05) is 12.3 Å². The van der Waals surface area contributed by atoms with Crippen molar-refractivity contribution in [1.29, 1.82) is 0 Å². The molecule has 0 aliphatic carbocycles. The second-order valence-corrected chi connectivity index (χ2v) is 6.66. The normalized spacial score (nSPS) is 11.3. The fraction of sp³-hybridized carbons (Fsp3) is 0.0952. The second kappa shape index (κ2) is 6.38. The number of nitrogens with zero attached hydrogens (tertiary/aromatic N) is 4. The van der Waals surface area contributed by atoms with Crippen molar-refractivity contribution in [2.45, 2.75) is 13.5 Å². The van der Waals surface area contributed by atoms with Gasteiger partial charge < -0.3 is 15.6 Å². The Hall–Kier alpha value is -3.87. The molecule has 28 heavy (non-hydrogen) atoms. The molecule has 0 saturated carbocycles. The maximum atomic E-state index is 5.69. The summed E-state index contributed by atoms with van der Waals surface area (Å²) >= 11 is 0. The standard InChI is InChI=1S/C21H19N7/c1-2-28-8-6-14-9-13(3-4-18(14)28)17-11-16(10-15-12-24-27-20(15)17)25-19-5-7-23-21(22)26-19/h3-12H,2H2,1H3,(H,24,27)(H3,22,23,25,26). The molecule has 0 aliphatic heterocycles. The van der Waals surface area contributed by atoms with Crippen molar-refractivity contribution in [3.05, 3.63) is 61.1 Å². The summed E-state index contributed by atoms with van der Waals surface area (Å²) in [5.74, 6) is 0.886. The minimum atomic E-state index is 0.237. The molecule has 0 radical (unpaired) electrons. The van der Waals surface area contributed by atoms with E-state index in [1.54, 1.807) is 12.3 Å². The molecule has 3 heterocycles. The largest absolute Gasteiger partial charge is 0.368 e. The van der Waals surface area contributed by atoms with E-state index in [9.17, 15) is 0 Å². The monoisotopic (exact) mass is 369 g/mol. The first-order valence-corrected chi connectivity index (χ1v) is 9.13. The topological polar surface area (TPSA) is 97.4 Å². The first-order chi connectivity index (χ1) is 13.7. The zero-order valence-corrected chi connectivity index (χ0v) is 15.3. The molecule has 5 rings (SSSR count). The van der Waals surface area contributed by atoms with E-state index in [0.717, 1.165) is 34.3 Å². The van der Waals surface area contributed by atoms with Gasteiger partial charge in [0.2, 0.25) is 5.95 Å². The highest BCUT2D eigenvalue weighted by Gasteiger charge is 2.11. The zero-order chi connectivity index (χ0) is 19.1. The molecule has 4 N–H and O–H groups in total. The summed E-state index contributed by atoms with van der Waals surface area (Å²) in [6.07, 6.45) is 5.58. The smallest absolute Gasteiger partial charge is 0.221 e. The van der Waals surface area contributed by atoms with Gasteiger partial charge in [-0.05, 0) is 48.9 Å². The van der Waals surface area contributed by atoms with Crippen LogP contribution in [0.3, 0.4) is 0 Å². The summed E-state index contributed by atoms with van der Waals surface area (Å²) in [6, 6.07) is 14.6. The predicted molar refractivity (Wildman–Crippen MR) is 112 cm³/mol. The van der Waals surface area contributed by atoms with Gasteiger partial charge in [-0.3, -0.25) is 5.10 Å². The highest BCUT2D eigenvalue weighted by atomic mass is 15.1. The van der Waals surface area contributed by atoms with E-state index in [4.69, 9.17) is 5.73 Å². The number of hydrogen-bond acceptors (Lipinski definition) is 5. The van der Waals surface area contributed by atoms with Crippen LogP contribution in [-0.4, -0.2) is 24.7 Å². The Bertz CT molecular complexity index is 1300. The number of H-pyrrole nitrogens is 1. The second-order valence-electron chi connectivity index (χ2n) is 6.66. The number of benzene rings is 2. The SMILES string of the molecule is CCn1ccc2cc(-c3cc(Nc4ccnc(N)n4)cc4cn[nH]c34)ccc21. The van der Waals surface area contributed by atoms with Crippen LogP contribution in [-0.2, 0) is 6.54 Å². The number of hydrogen-bond donors (Lipinski definition) is 3. The van der Waals surface area contributed by atoms with Gasteiger partial charge in [-0.1, -0.05) is 6.07 Å². The van der Waals surface area contributed by atoms with Crippen LogP contribution in [0, 0.1) is 0 Å². The fourth-order valence-electron chi connectivity index (χ4n) is 3.59. The van der Waals surface area contributed by atoms with E-state index >= 15 is 0 Å². The van der Waals surface area contributed by atoms with Gasteiger partial charge in [0.15, 0.2) is 0 Å². The van der Waals surface area contributed by atoms with Gasteiger partial charge in [-0.25, -0.2) is 4.98 Å². The van der Waals surface area contributed by atoms with Crippen LogP contribution in [0.5, 0.6) is 0 Å². The number of aromatic nitrogens is 5. The van der Waals surface area contributed by atoms with Crippen molar-refractivity contribution >= 4 is 39.3 Å². The molecule has 7 nitrogen and oxygen atoms in total. The highest BCUT2D eigenvalue weighted by Crippen LogP contribution is 2.33. The maximum absolute atomic E-state index is 5.69. The number of aromatic amines is 1. The lowest BCUT2D eigenvalue weighted by atomic mass is 10.0. The Kier molecular flexibility index (Phi) is 3.72. The third kappa shape index (κ3) is 2.73. The summed E-state index contributed by atoms with van der Waals surface area (Å²) in [4.78, 5) is 8.16. The Morgan fingerprint density at radius 1 is 1.11 bits per heavy atom. The van der Waals surface area contributed by atoms with Crippen LogP contribution >= 0.6 is 0 Å². The Labute approximate surface area is 161 Å². The minimum absolute atomic E-state index is 0.237. The number of anilines is 3. The van der Waals surface area contributed by atoms with Crippen LogP contribution in [0.4, 0.5) is 17.5 Å². The summed E-state index contributed by atoms with van der Waals surface area (Å²) in [5.41, 5.74) is 11.0. The molecule has 5 aromatic rings. The quantitative estimate of drug-likeness (QED) is 0.438. The van der Waals surface area contributed by atoms with Crippen molar-refractivity contribution in [2.75, 3.05) is 11.1 Å². The van der Waals surface area contributed by atoms with Gasteiger partial charge in [0.05, 0.1) is 11.7 Å². The Morgan fingerprint density at radius 3 is 2.89 bits per heavy atom. The molecule has 0 unspecified atom stereocenters. The Morgan fingerprint density at radius 2 is 2.04 bits per heavy atom. The van der Waals surface area contributed by atoms with Gasteiger partial charge in [-0.2, -0.15) is 10.1 Å². The highest BCUT2D eigenvalue weighted by molar-refractivity contribution is 5.98. The molecule has 0 aliphatic rings. The predicted octanol–water partition coefficient (Wildman–Crippen LogP) is 4.32. The van der Waals surface area contributed by atoms with Crippen molar-refractivity contribution in [1.82, 2.24) is 24.7 Å². The van der Waals surface area contributed by atoms with Crippen LogP contribution in [0.15, 0.2) is 61.1 Å². The van der Waals surface area contributed by atoms with Crippen molar-refractivity contribution < 1.29 is 0 Å². The van der Waals surface area contributed by atoms with Gasteiger partial charge in [0.25, 0.3) is 0 Å². The van der Waals surface area contributed by atoms with E-state index in [2.05, 4.69) is 73.5 Å². The summed E-state index contributed by atoms with van der Waals surface area (Å²) in [5, 5.41) is 12.9. The molecule has 7 heteroatoms. The first kappa shape index (κ1) is 16.3. The minimum Gasteiger partial charge on any atom is -0.368 e. The zero-order valence-electron chi connectivity index (χ0n) is 15.3. The van der Waals surface area contributed by atoms with Crippen LogP contribution < -0.4 is 11.1 Å². The van der Waals surface area contributed by atoms with Gasteiger partial charge >= 0.3 is 0 Å². The van der Waals surface area contributed by atoms with E-state index in [1.165, 1.54) is 10.9 Å². The molecule has 2 aromatic carbocycles. The molecule has 138 valence electrons. The lowest BCUT2D eigenvalue weighted by Crippen LogP contribution is -1.99. The average Bonchev–Trinajstić information content (AvgIpc) is 3.33. The summed E-state index contributed by atoms with van der Waals surface area (Å²) in [6.45, 7) is 3.10. The lowest BCUT2D eigenvalue weighted by Gasteiger charge is -2.10. The summed E-state index contributed by atoms with van der Waals surface area (Å²) in [7, 11) is 0. The third-order valence-corrected chi connectivity index (χ3v) is 4.92. The van der Waals surface area contributed by atoms with Gasteiger partial charge in [0.1, 0.15) is 5.82 Å². The number of nitrogens with two attached hydrogens (primary N) is 1. The maximum Gasteiger partial charge on any atom is 0.221 e. The number of rotatable bonds is 4. The lowest BCUT2D eigenvalue weighted by molar-refractivity contribution is 0.798. The molecular formula is C21H19N7. The van der Waals surface area contributed by atoms with Crippen LogP contribution in [0.25, 0.3) is 32.9 Å². The number of nitrogens with one attached hydrogen (secondary N) is 2. The van der Waals surface area contributed by atoms with Crippen LogP contribution in [0.2, 0.25) is 0 Å². The van der Waals surface area contributed by atoms with E-state index < -0.39 is 0 Å². The number of aryl methyl sites for hydroxylation is 1. The van der Waals surface area contributed by atoms with E-state index in [0.29, 0.717) is 5.82 Å². The molecule has 0 fully saturated rings. The van der Waals surface area contributed by atoms with Crippen molar-refractivity contribution in [2.24, 2.45) is 0 Å². The van der Waals surface area contributed by atoms with Crippen LogP contribution in [0.1, 0.15) is 6.92 Å². The number of fused-ring (bicyclic) bond motifs is 2. The fourth-order valence-corrected chi connectivity index (χ4v) is 3.59. The molecule has 0 bridgehead atoms. The Balaban J connectivity index is 1.63. The number of nitrogen functional groups attached to an aromatic ring is 1. The third-order valence-electron chi connectivity index (χ3n) is 4.92. The van der Waals surface area contributed by atoms with Crippen molar-refractivity contribution in [3.8, 4) is 11.1 Å². The summed E-state index contributed by atoms with van der Waals surface area (Å²) < 4.78 is 2.24. The van der Waals surface area contributed by atoms with Gasteiger partial charge in [-0.15, -0.1) is 0 Å². The molecule has 0 atom stereocenters. The van der Waals surface area contributed by atoms with Crippen molar-refractivity contribution in [3.63, 3.8) is 0 Å². The molecule has 0 saturated heterocycles. The molecular weight excluding hydrogens is 350 g/mol. The first-order valence-electron chi connectivity index (χ1n) is 9.13.